The van der Waals surface area contributed by atoms with Gasteiger partial charge in [0.2, 0.25) is 5.91 Å². The van der Waals surface area contributed by atoms with Crippen molar-refractivity contribution in [2.24, 2.45) is 0 Å². The Labute approximate surface area is 167 Å². The van der Waals surface area contributed by atoms with E-state index >= 15 is 0 Å². The zero-order chi connectivity index (χ0) is 19.7. The van der Waals surface area contributed by atoms with Gasteiger partial charge in [-0.2, -0.15) is 0 Å². The number of nitrogens with one attached hydrogen (secondary N) is 2. The molecule has 1 aliphatic rings. The first-order chi connectivity index (χ1) is 13.5. The Morgan fingerprint density at radius 3 is 2.82 bits per heavy atom. The minimum Gasteiger partial charge on any atom is -0.330 e. The zero-order valence-corrected chi connectivity index (χ0v) is 16.4. The van der Waals surface area contributed by atoms with Crippen molar-refractivity contribution in [3.63, 3.8) is 0 Å². The van der Waals surface area contributed by atoms with E-state index in [1.807, 2.05) is 42.6 Å². The van der Waals surface area contributed by atoms with E-state index in [-0.39, 0.29) is 23.4 Å². The maximum absolute atomic E-state index is 12.8. The molecule has 2 amide bonds. The molecule has 28 heavy (non-hydrogen) atoms. The number of hydrogen-bond acceptors (Lipinski definition) is 5. The van der Waals surface area contributed by atoms with Crippen LogP contribution < -0.4 is 10.6 Å². The van der Waals surface area contributed by atoms with Crippen LogP contribution in [-0.2, 0) is 4.79 Å². The average Bonchev–Trinajstić information content (AvgIpc) is 3.34. The highest BCUT2D eigenvalue weighted by Gasteiger charge is 2.31. The summed E-state index contributed by atoms with van der Waals surface area (Å²) in [5.74, 6) is 0.555. The number of amides is 2. The van der Waals surface area contributed by atoms with Crippen molar-refractivity contribution in [1.82, 2.24) is 19.8 Å². The lowest BCUT2D eigenvalue weighted by molar-refractivity contribution is -0.117. The number of para-hydroxylation sites is 1. The molecule has 0 unspecified atom stereocenters. The van der Waals surface area contributed by atoms with Gasteiger partial charge < -0.3 is 10.2 Å². The van der Waals surface area contributed by atoms with Crippen molar-refractivity contribution in [1.29, 1.82) is 0 Å². The summed E-state index contributed by atoms with van der Waals surface area (Å²) < 4.78 is 1.56. The van der Waals surface area contributed by atoms with Crippen LogP contribution in [0.5, 0.6) is 0 Å². The summed E-state index contributed by atoms with van der Waals surface area (Å²) in [6.45, 7) is 0. The number of aromatic nitrogens is 2. The van der Waals surface area contributed by atoms with Crippen LogP contribution in [0.1, 0.15) is 10.9 Å². The Balaban J connectivity index is 1.54. The molecule has 1 aliphatic heterocycles. The first-order valence-electron chi connectivity index (χ1n) is 8.95. The standard InChI is InChI=1S/C20H21N5O2S/c1-24(2)20(27)25-11-15(14-7-3-4-8-17(14)25)22-18(26)16-12-28-19(23-16)13-6-5-9-21-10-13/h3-11,16,19,23H,12H2,1-2H3,(H,22,26)/t16-,19-/m0/s1. The summed E-state index contributed by atoms with van der Waals surface area (Å²) >= 11 is 1.68. The second kappa shape index (κ2) is 7.65. The van der Waals surface area contributed by atoms with E-state index in [1.54, 1.807) is 42.8 Å². The molecule has 2 atom stereocenters. The third-order valence-electron chi connectivity index (χ3n) is 4.64. The van der Waals surface area contributed by atoms with Gasteiger partial charge in [-0.25, -0.2) is 4.79 Å². The Morgan fingerprint density at radius 1 is 1.25 bits per heavy atom. The van der Waals surface area contributed by atoms with Gasteiger partial charge in [-0.1, -0.05) is 24.3 Å². The molecule has 0 bridgehead atoms. The highest BCUT2D eigenvalue weighted by atomic mass is 32.2. The molecule has 3 aromatic rings. The second-order valence-electron chi connectivity index (χ2n) is 6.82. The lowest BCUT2D eigenvalue weighted by atomic mass is 10.2. The number of rotatable bonds is 3. The molecule has 0 saturated carbocycles. The smallest absolute Gasteiger partial charge is 0.328 e. The lowest BCUT2D eigenvalue weighted by Crippen LogP contribution is -2.38. The summed E-state index contributed by atoms with van der Waals surface area (Å²) in [7, 11) is 3.40. The lowest BCUT2D eigenvalue weighted by Gasteiger charge is -2.13. The van der Waals surface area contributed by atoms with E-state index in [0.717, 1.165) is 16.5 Å². The first kappa shape index (κ1) is 18.5. The van der Waals surface area contributed by atoms with E-state index in [9.17, 15) is 9.59 Å². The Hall–Kier alpha value is -2.84. The molecule has 7 nitrogen and oxygen atoms in total. The van der Waals surface area contributed by atoms with Crippen LogP contribution in [-0.4, -0.2) is 52.3 Å². The predicted molar refractivity (Wildman–Crippen MR) is 111 cm³/mol. The van der Waals surface area contributed by atoms with E-state index in [0.29, 0.717) is 11.4 Å². The predicted octanol–water partition coefficient (Wildman–Crippen LogP) is 2.91. The van der Waals surface area contributed by atoms with Crippen LogP contribution in [0.4, 0.5) is 10.5 Å². The molecule has 1 aromatic carbocycles. The van der Waals surface area contributed by atoms with Crippen LogP contribution >= 0.6 is 11.8 Å². The fourth-order valence-corrected chi connectivity index (χ4v) is 4.44. The van der Waals surface area contributed by atoms with Crippen molar-refractivity contribution in [2.75, 3.05) is 25.2 Å². The summed E-state index contributed by atoms with van der Waals surface area (Å²) in [4.78, 5) is 31.0. The zero-order valence-electron chi connectivity index (χ0n) is 15.6. The average molecular weight is 395 g/mol. The van der Waals surface area contributed by atoms with Crippen molar-refractivity contribution < 1.29 is 9.59 Å². The quantitative estimate of drug-likeness (QED) is 0.713. The number of hydrogen-bond donors (Lipinski definition) is 2. The maximum Gasteiger partial charge on any atom is 0.328 e. The number of anilines is 1. The maximum atomic E-state index is 12.8. The minimum absolute atomic E-state index is 0.0427. The van der Waals surface area contributed by atoms with Gasteiger partial charge in [0.15, 0.2) is 0 Å². The van der Waals surface area contributed by atoms with E-state index in [2.05, 4.69) is 15.6 Å². The summed E-state index contributed by atoms with van der Waals surface area (Å²) in [6.07, 6.45) is 5.23. The molecule has 4 rings (SSSR count). The molecule has 0 aliphatic carbocycles. The monoisotopic (exact) mass is 395 g/mol. The van der Waals surface area contributed by atoms with Gasteiger partial charge in [-0.3, -0.25) is 19.7 Å². The van der Waals surface area contributed by atoms with Gasteiger partial charge in [-0.15, -0.1) is 11.8 Å². The first-order valence-corrected chi connectivity index (χ1v) is 9.99. The summed E-state index contributed by atoms with van der Waals surface area (Å²) in [6, 6.07) is 10.9. The van der Waals surface area contributed by atoms with Crippen LogP contribution in [0.15, 0.2) is 55.0 Å². The van der Waals surface area contributed by atoms with Gasteiger partial charge in [0, 0.05) is 43.8 Å². The highest BCUT2D eigenvalue weighted by Crippen LogP contribution is 2.33. The van der Waals surface area contributed by atoms with Gasteiger partial charge in [-0.05, 0) is 17.7 Å². The van der Waals surface area contributed by atoms with E-state index in [1.165, 1.54) is 4.90 Å². The fourth-order valence-electron chi connectivity index (χ4n) is 3.22. The van der Waals surface area contributed by atoms with Crippen molar-refractivity contribution in [3.8, 4) is 0 Å². The minimum atomic E-state index is -0.318. The normalized spacial score (nSPS) is 18.9. The number of nitrogens with zero attached hydrogens (tertiary/aromatic N) is 3. The number of thioether (sulfide) groups is 1. The molecule has 0 spiro atoms. The molecule has 1 fully saturated rings. The fraction of sp³-hybridized carbons (Fsp3) is 0.250. The van der Waals surface area contributed by atoms with Crippen LogP contribution in [0.25, 0.3) is 10.9 Å². The Morgan fingerprint density at radius 2 is 2.07 bits per heavy atom. The molecule has 1 saturated heterocycles. The third kappa shape index (κ3) is 3.48. The number of pyridine rings is 1. The molecular weight excluding hydrogens is 374 g/mol. The van der Waals surface area contributed by atoms with Crippen LogP contribution in [0, 0.1) is 0 Å². The number of fused-ring (bicyclic) bond motifs is 1. The van der Waals surface area contributed by atoms with Gasteiger partial charge in [0.25, 0.3) is 0 Å². The third-order valence-corrected chi connectivity index (χ3v) is 5.91. The molecule has 2 aromatic heterocycles. The van der Waals surface area contributed by atoms with Gasteiger partial charge in [0.05, 0.1) is 22.6 Å². The molecule has 3 heterocycles. The Bertz CT molecular complexity index is 1020. The van der Waals surface area contributed by atoms with Crippen molar-refractivity contribution >= 4 is 40.3 Å². The molecule has 8 heteroatoms. The number of carbonyl (C=O) groups excluding carboxylic acids is 2. The highest BCUT2D eigenvalue weighted by molar-refractivity contribution is 7.99. The second-order valence-corrected chi connectivity index (χ2v) is 7.95. The van der Waals surface area contributed by atoms with E-state index in [4.69, 9.17) is 0 Å². The van der Waals surface area contributed by atoms with Crippen LogP contribution in [0.3, 0.4) is 0 Å². The largest absolute Gasteiger partial charge is 0.330 e. The van der Waals surface area contributed by atoms with Crippen LogP contribution in [0.2, 0.25) is 0 Å². The molecule has 0 radical (unpaired) electrons. The topological polar surface area (TPSA) is 79.3 Å². The van der Waals surface area contributed by atoms with Crippen molar-refractivity contribution in [2.45, 2.75) is 11.4 Å². The number of carbonyl (C=O) groups is 2. The molecule has 2 N–H and O–H groups in total. The van der Waals surface area contributed by atoms with Gasteiger partial charge in [0.1, 0.15) is 0 Å². The SMILES string of the molecule is CN(C)C(=O)n1cc(NC(=O)[C@@H]2CS[C@@H](c3cccnc3)N2)c2ccccc21. The summed E-state index contributed by atoms with van der Waals surface area (Å²) in [5.41, 5.74) is 2.45. The van der Waals surface area contributed by atoms with Crippen molar-refractivity contribution in [3.05, 3.63) is 60.6 Å². The molecular formula is C20H21N5O2S. The number of benzene rings is 1. The Kier molecular flexibility index (Phi) is 5.06. The van der Waals surface area contributed by atoms with E-state index < -0.39 is 0 Å². The van der Waals surface area contributed by atoms with Gasteiger partial charge >= 0.3 is 6.03 Å². The summed E-state index contributed by atoms with van der Waals surface area (Å²) in [5, 5.41) is 7.22. The molecule has 144 valence electrons.